The van der Waals surface area contributed by atoms with Crippen LogP contribution in [0.25, 0.3) is 0 Å². The molecule has 0 radical (unpaired) electrons. The summed E-state index contributed by atoms with van der Waals surface area (Å²) in [5.74, 6) is 0.530. The number of urea groups is 1. The molecule has 1 saturated carbocycles. The highest BCUT2D eigenvalue weighted by molar-refractivity contribution is 5.91. The molecule has 0 bridgehead atoms. The minimum absolute atomic E-state index is 0.216. The van der Waals surface area contributed by atoms with Crippen molar-refractivity contribution in [1.29, 1.82) is 0 Å². The molecule has 1 aliphatic carbocycles. The van der Waals surface area contributed by atoms with Gasteiger partial charge in [0.25, 0.3) is 0 Å². The number of hydrogen-bond donors (Lipinski definition) is 2. The zero-order chi connectivity index (χ0) is 17.6. The molecule has 0 saturated heterocycles. The molecule has 8 heteroatoms. The third kappa shape index (κ3) is 5.92. The molecule has 2 rings (SSSR count). The lowest BCUT2D eigenvalue weighted by Gasteiger charge is -2.30. The van der Waals surface area contributed by atoms with Crippen molar-refractivity contribution >= 4 is 11.7 Å². The van der Waals surface area contributed by atoms with Gasteiger partial charge in [0.2, 0.25) is 0 Å². The average Bonchev–Trinajstić information content (AvgIpc) is 2.53. The van der Waals surface area contributed by atoms with Gasteiger partial charge in [-0.25, -0.2) is 4.79 Å². The molecule has 1 aromatic carbocycles. The number of ether oxygens (including phenoxy) is 2. The van der Waals surface area contributed by atoms with Crippen molar-refractivity contribution in [2.45, 2.75) is 44.0 Å². The van der Waals surface area contributed by atoms with Gasteiger partial charge in [-0.2, -0.15) is 13.2 Å². The lowest BCUT2D eigenvalue weighted by molar-refractivity contribution is -0.188. The van der Waals surface area contributed by atoms with Crippen molar-refractivity contribution in [1.82, 2.24) is 5.32 Å². The maximum Gasteiger partial charge on any atom is 0.411 e. The van der Waals surface area contributed by atoms with E-state index >= 15 is 0 Å². The second-order valence-electron chi connectivity index (χ2n) is 5.71. The molecule has 0 aromatic heterocycles. The second-order valence-corrected chi connectivity index (χ2v) is 5.71. The first-order valence-corrected chi connectivity index (χ1v) is 7.76. The number of carbonyl (C=O) groups is 1. The molecule has 24 heavy (non-hydrogen) atoms. The maximum atomic E-state index is 12.2. The molecule has 134 valence electrons. The Bertz CT molecular complexity index is 552. The average molecular weight is 346 g/mol. The summed E-state index contributed by atoms with van der Waals surface area (Å²) in [4.78, 5) is 12.1. The van der Waals surface area contributed by atoms with Crippen molar-refractivity contribution in [3.05, 3.63) is 24.3 Å². The minimum atomic E-state index is -4.33. The van der Waals surface area contributed by atoms with Gasteiger partial charge in [-0.15, -0.1) is 0 Å². The summed E-state index contributed by atoms with van der Waals surface area (Å²) in [6.45, 7) is -1.25. The van der Waals surface area contributed by atoms with E-state index in [0.29, 0.717) is 37.1 Å². The Morgan fingerprint density at radius 3 is 2.75 bits per heavy atom. The Labute approximate surface area is 138 Å². The highest BCUT2D eigenvalue weighted by atomic mass is 19.4. The summed E-state index contributed by atoms with van der Waals surface area (Å²) in [7, 11) is 1.50. The first-order chi connectivity index (χ1) is 11.4. The number of alkyl halides is 3. The Kier molecular flexibility index (Phi) is 6.30. The van der Waals surface area contributed by atoms with Crippen LogP contribution in [0.5, 0.6) is 5.75 Å². The fourth-order valence-electron chi connectivity index (χ4n) is 2.73. The molecule has 0 heterocycles. The van der Waals surface area contributed by atoms with Gasteiger partial charge in [0, 0.05) is 6.04 Å². The molecular formula is C16H21F3N2O3. The van der Waals surface area contributed by atoms with E-state index in [2.05, 4.69) is 10.6 Å². The number of methoxy groups -OCH3 is 1. The van der Waals surface area contributed by atoms with Gasteiger partial charge in [0.05, 0.1) is 18.9 Å². The van der Waals surface area contributed by atoms with Crippen molar-refractivity contribution in [3.8, 4) is 5.75 Å². The molecule has 2 N–H and O–H groups in total. The Morgan fingerprint density at radius 2 is 2.04 bits per heavy atom. The minimum Gasteiger partial charge on any atom is -0.495 e. The third-order valence-electron chi connectivity index (χ3n) is 3.80. The normalized spacial score (nSPS) is 21.2. The van der Waals surface area contributed by atoms with Crippen LogP contribution in [-0.4, -0.2) is 38.1 Å². The lowest BCUT2D eigenvalue weighted by atomic mass is 9.93. The number of carbonyl (C=O) groups excluding carboxylic acids is 1. The van der Waals surface area contributed by atoms with Crippen LogP contribution in [0.1, 0.15) is 25.7 Å². The van der Waals surface area contributed by atoms with Crippen LogP contribution in [0.4, 0.5) is 23.7 Å². The maximum absolute atomic E-state index is 12.2. The van der Waals surface area contributed by atoms with Crippen molar-refractivity contribution in [2.24, 2.45) is 0 Å². The third-order valence-corrected chi connectivity index (χ3v) is 3.80. The summed E-state index contributed by atoms with van der Waals surface area (Å²) in [6, 6.07) is 6.34. The van der Waals surface area contributed by atoms with Gasteiger partial charge in [-0.05, 0) is 37.8 Å². The first-order valence-electron chi connectivity index (χ1n) is 7.76. The Balaban J connectivity index is 1.83. The quantitative estimate of drug-likeness (QED) is 0.854. The SMILES string of the molecule is COc1ccccc1NC(=O)N[C@@H]1CCC[C@@H](OCC(F)(F)F)C1. The van der Waals surface area contributed by atoms with Crippen molar-refractivity contribution in [2.75, 3.05) is 19.0 Å². The van der Waals surface area contributed by atoms with Crippen LogP contribution >= 0.6 is 0 Å². The van der Waals surface area contributed by atoms with E-state index in [1.807, 2.05) is 0 Å². The Morgan fingerprint density at radius 1 is 1.29 bits per heavy atom. The number of amides is 2. The predicted octanol–water partition coefficient (Wildman–Crippen LogP) is 3.71. The van der Waals surface area contributed by atoms with E-state index in [1.54, 1.807) is 24.3 Å². The summed E-state index contributed by atoms with van der Waals surface area (Å²) in [6.07, 6.45) is -2.45. The van der Waals surface area contributed by atoms with Crippen LogP contribution in [0.2, 0.25) is 0 Å². The zero-order valence-electron chi connectivity index (χ0n) is 13.4. The number of anilines is 1. The molecule has 5 nitrogen and oxygen atoms in total. The number of benzene rings is 1. The summed E-state index contributed by atoms with van der Waals surface area (Å²) < 4.78 is 46.7. The highest BCUT2D eigenvalue weighted by Gasteiger charge is 2.31. The molecule has 0 unspecified atom stereocenters. The summed E-state index contributed by atoms with van der Waals surface area (Å²) >= 11 is 0. The van der Waals surface area contributed by atoms with Crippen molar-refractivity contribution in [3.63, 3.8) is 0 Å². The zero-order valence-corrected chi connectivity index (χ0v) is 13.4. The van der Waals surface area contributed by atoms with E-state index in [0.717, 1.165) is 0 Å². The van der Waals surface area contributed by atoms with E-state index in [9.17, 15) is 18.0 Å². The van der Waals surface area contributed by atoms with E-state index < -0.39 is 24.9 Å². The standard InChI is InChI=1S/C16H21F3N2O3/c1-23-14-8-3-2-7-13(14)21-15(22)20-11-5-4-6-12(9-11)24-10-16(17,18)19/h2-3,7-8,11-12H,4-6,9-10H2,1H3,(H2,20,21,22)/t11-,12-/m1/s1. The van der Waals surface area contributed by atoms with Crippen LogP contribution in [0.15, 0.2) is 24.3 Å². The fraction of sp³-hybridized carbons (Fsp3) is 0.562. The number of rotatable bonds is 5. The van der Waals surface area contributed by atoms with Crippen LogP contribution in [0, 0.1) is 0 Å². The van der Waals surface area contributed by atoms with Crippen LogP contribution in [0.3, 0.4) is 0 Å². The summed E-state index contributed by atoms with van der Waals surface area (Å²) in [5, 5.41) is 5.46. The smallest absolute Gasteiger partial charge is 0.411 e. The number of hydrogen-bond acceptors (Lipinski definition) is 3. The largest absolute Gasteiger partial charge is 0.495 e. The first kappa shape index (κ1) is 18.4. The molecule has 2 atom stereocenters. The predicted molar refractivity (Wildman–Crippen MR) is 83.2 cm³/mol. The van der Waals surface area contributed by atoms with Gasteiger partial charge in [-0.3, -0.25) is 0 Å². The fourth-order valence-corrected chi connectivity index (χ4v) is 2.73. The monoisotopic (exact) mass is 346 g/mol. The number of nitrogens with one attached hydrogen (secondary N) is 2. The number of halogens is 3. The molecule has 1 fully saturated rings. The van der Waals surface area contributed by atoms with Gasteiger partial charge in [0.15, 0.2) is 0 Å². The highest BCUT2D eigenvalue weighted by Crippen LogP contribution is 2.25. The van der Waals surface area contributed by atoms with Gasteiger partial charge in [-0.1, -0.05) is 12.1 Å². The molecule has 0 spiro atoms. The van der Waals surface area contributed by atoms with E-state index in [4.69, 9.17) is 9.47 Å². The van der Waals surface area contributed by atoms with Crippen molar-refractivity contribution < 1.29 is 27.4 Å². The lowest BCUT2D eigenvalue weighted by Crippen LogP contribution is -2.43. The second kappa shape index (κ2) is 8.23. The van der Waals surface area contributed by atoms with E-state index in [1.165, 1.54) is 7.11 Å². The molecular weight excluding hydrogens is 325 g/mol. The Hall–Kier alpha value is -1.96. The molecule has 2 amide bonds. The molecule has 0 aliphatic heterocycles. The number of para-hydroxylation sites is 2. The van der Waals surface area contributed by atoms with Gasteiger partial charge >= 0.3 is 12.2 Å². The van der Waals surface area contributed by atoms with Crippen LogP contribution in [-0.2, 0) is 4.74 Å². The van der Waals surface area contributed by atoms with E-state index in [-0.39, 0.29) is 6.04 Å². The van der Waals surface area contributed by atoms with Crippen LogP contribution < -0.4 is 15.4 Å². The molecule has 1 aliphatic rings. The molecule has 1 aromatic rings. The summed E-state index contributed by atoms with van der Waals surface area (Å²) in [5.41, 5.74) is 0.526. The van der Waals surface area contributed by atoms with Gasteiger partial charge in [0.1, 0.15) is 12.4 Å². The topological polar surface area (TPSA) is 59.6 Å². The van der Waals surface area contributed by atoms with Gasteiger partial charge < -0.3 is 20.1 Å².